The molecule has 0 bridgehead atoms. The van der Waals surface area contributed by atoms with E-state index in [0.29, 0.717) is 18.5 Å². The molecule has 1 saturated heterocycles. The van der Waals surface area contributed by atoms with Crippen molar-refractivity contribution in [3.8, 4) is 0 Å². The Bertz CT molecular complexity index is 1030. The van der Waals surface area contributed by atoms with Gasteiger partial charge in [0.25, 0.3) is 0 Å². The summed E-state index contributed by atoms with van der Waals surface area (Å²) in [6.45, 7) is -0.508. The number of ether oxygens (including phenoxy) is 1. The molecule has 4 rings (SSSR count). The lowest BCUT2D eigenvalue weighted by Gasteiger charge is -2.15. The van der Waals surface area contributed by atoms with Crippen LogP contribution < -0.4 is 4.90 Å². The lowest BCUT2D eigenvalue weighted by atomic mass is 9.85. The van der Waals surface area contributed by atoms with Gasteiger partial charge < -0.3 is 4.74 Å². The fourth-order valence-electron chi connectivity index (χ4n) is 3.76. The number of carbonyl (C=O) groups is 4. The number of Topliss-reactive ketones (excluding diaryl/α,β-unsaturated/α-hetero) is 1. The molecule has 0 saturated carbocycles. The molecule has 7 heteroatoms. The van der Waals surface area contributed by atoms with Crippen molar-refractivity contribution in [1.29, 1.82) is 0 Å². The number of hydrogen-bond acceptors (Lipinski definition) is 5. The molecule has 0 spiro atoms. The summed E-state index contributed by atoms with van der Waals surface area (Å²) in [4.78, 5) is 51.0. The number of benzene rings is 2. The fourth-order valence-corrected chi connectivity index (χ4v) is 3.76. The number of anilines is 1. The van der Waals surface area contributed by atoms with Gasteiger partial charge in [-0.25, -0.2) is 9.18 Å². The van der Waals surface area contributed by atoms with Crippen LogP contribution in [-0.4, -0.2) is 30.2 Å². The van der Waals surface area contributed by atoms with Gasteiger partial charge in [-0.1, -0.05) is 18.2 Å². The number of nitrogens with zero attached hydrogens (tertiary/aromatic N) is 1. The van der Waals surface area contributed by atoms with Gasteiger partial charge >= 0.3 is 5.97 Å². The Morgan fingerprint density at radius 1 is 0.933 bits per heavy atom. The molecular formula is C23H18FNO5. The van der Waals surface area contributed by atoms with Gasteiger partial charge in [-0.15, -0.1) is 0 Å². The molecule has 0 radical (unpaired) electrons. The number of carbonyl (C=O) groups excluding carboxylic acids is 4. The maximum Gasteiger partial charge on any atom is 0.338 e. The minimum absolute atomic E-state index is 0.119. The predicted molar refractivity (Wildman–Crippen MR) is 105 cm³/mol. The average Bonchev–Trinajstić information content (AvgIpc) is 3.03. The van der Waals surface area contributed by atoms with Crippen LogP contribution in [0.5, 0.6) is 0 Å². The number of halogens is 1. The van der Waals surface area contributed by atoms with E-state index >= 15 is 0 Å². The zero-order chi connectivity index (χ0) is 21.3. The maximum absolute atomic E-state index is 13.0. The SMILES string of the molecule is O=C(COC(=O)c1cccc(N2C(=O)[C@H]3CC=CC[C@H]3C2=O)c1)c1ccc(F)cc1. The van der Waals surface area contributed by atoms with Gasteiger partial charge in [-0.3, -0.25) is 19.3 Å². The van der Waals surface area contributed by atoms with Crippen molar-refractivity contribution in [2.75, 3.05) is 11.5 Å². The van der Waals surface area contributed by atoms with Crippen LogP contribution in [-0.2, 0) is 14.3 Å². The molecule has 2 aromatic carbocycles. The molecule has 1 aliphatic heterocycles. The second kappa shape index (κ2) is 8.02. The van der Waals surface area contributed by atoms with Crippen molar-refractivity contribution in [2.45, 2.75) is 12.8 Å². The van der Waals surface area contributed by atoms with Crippen molar-refractivity contribution in [3.63, 3.8) is 0 Å². The number of allylic oxidation sites excluding steroid dienone is 2. The highest BCUT2D eigenvalue weighted by molar-refractivity contribution is 6.22. The van der Waals surface area contributed by atoms with Crippen LogP contribution in [0.2, 0.25) is 0 Å². The molecule has 30 heavy (non-hydrogen) atoms. The van der Waals surface area contributed by atoms with E-state index in [4.69, 9.17) is 4.74 Å². The third-order valence-corrected chi connectivity index (χ3v) is 5.35. The van der Waals surface area contributed by atoms with Crippen LogP contribution in [0.15, 0.2) is 60.7 Å². The molecule has 2 aromatic rings. The number of amides is 2. The quantitative estimate of drug-likeness (QED) is 0.329. The Morgan fingerprint density at radius 2 is 1.57 bits per heavy atom. The normalized spacial score (nSPS) is 20.2. The smallest absolute Gasteiger partial charge is 0.338 e. The van der Waals surface area contributed by atoms with E-state index < -0.39 is 24.2 Å². The van der Waals surface area contributed by atoms with Gasteiger partial charge in [0.15, 0.2) is 12.4 Å². The first-order chi connectivity index (χ1) is 14.5. The number of imide groups is 1. The second-order valence-corrected chi connectivity index (χ2v) is 7.22. The average molecular weight is 407 g/mol. The van der Waals surface area contributed by atoms with Crippen LogP contribution in [0.4, 0.5) is 10.1 Å². The Hall–Kier alpha value is -3.61. The van der Waals surface area contributed by atoms with E-state index in [-0.39, 0.29) is 34.8 Å². The molecule has 2 atom stereocenters. The van der Waals surface area contributed by atoms with Gasteiger partial charge in [0.1, 0.15) is 5.82 Å². The molecule has 1 aliphatic carbocycles. The van der Waals surface area contributed by atoms with Gasteiger partial charge in [0.05, 0.1) is 23.1 Å². The minimum Gasteiger partial charge on any atom is -0.454 e. The number of fused-ring (bicyclic) bond motifs is 1. The third kappa shape index (κ3) is 3.66. The molecule has 2 aliphatic rings. The van der Waals surface area contributed by atoms with E-state index in [1.165, 1.54) is 24.3 Å². The summed E-state index contributed by atoms with van der Waals surface area (Å²) in [6.07, 6.45) is 4.86. The lowest BCUT2D eigenvalue weighted by Crippen LogP contribution is -2.31. The van der Waals surface area contributed by atoms with Gasteiger partial charge in [-0.05, 0) is 55.3 Å². The zero-order valence-electron chi connectivity index (χ0n) is 15.9. The molecular weight excluding hydrogens is 389 g/mol. The topological polar surface area (TPSA) is 80.8 Å². The fraction of sp³-hybridized carbons (Fsp3) is 0.217. The molecule has 1 heterocycles. The van der Waals surface area contributed by atoms with Crippen LogP contribution in [0.1, 0.15) is 33.6 Å². The van der Waals surface area contributed by atoms with Gasteiger partial charge in [-0.2, -0.15) is 0 Å². The molecule has 0 aromatic heterocycles. The molecule has 152 valence electrons. The minimum atomic E-state index is -0.759. The Morgan fingerprint density at radius 3 is 2.20 bits per heavy atom. The summed E-state index contributed by atoms with van der Waals surface area (Å²) in [5.41, 5.74) is 0.647. The van der Waals surface area contributed by atoms with Crippen molar-refractivity contribution in [2.24, 2.45) is 11.8 Å². The van der Waals surface area contributed by atoms with Crippen molar-refractivity contribution in [3.05, 3.63) is 77.6 Å². The first kappa shape index (κ1) is 19.7. The summed E-state index contributed by atoms with van der Waals surface area (Å²) in [5.74, 6) is -2.98. The van der Waals surface area contributed by atoms with Crippen molar-refractivity contribution in [1.82, 2.24) is 0 Å². The van der Waals surface area contributed by atoms with Gasteiger partial charge in [0, 0.05) is 5.56 Å². The van der Waals surface area contributed by atoms with E-state index in [1.807, 2.05) is 12.2 Å². The predicted octanol–water partition coefficient (Wildman–Crippen LogP) is 3.32. The van der Waals surface area contributed by atoms with Crippen molar-refractivity contribution < 1.29 is 28.3 Å². The largest absolute Gasteiger partial charge is 0.454 e. The number of esters is 1. The van der Waals surface area contributed by atoms with Crippen LogP contribution >= 0.6 is 0 Å². The first-order valence-electron chi connectivity index (χ1n) is 9.54. The number of ketones is 1. The summed E-state index contributed by atoms with van der Waals surface area (Å²) in [7, 11) is 0. The highest BCUT2D eigenvalue weighted by atomic mass is 19.1. The highest BCUT2D eigenvalue weighted by Crippen LogP contribution is 2.37. The summed E-state index contributed by atoms with van der Waals surface area (Å²) >= 11 is 0. The summed E-state index contributed by atoms with van der Waals surface area (Å²) in [6, 6.07) is 10.9. The van der Waals surface area contributed by atoms with E-state index in [0.717, 1.165) is 17.0 Å². The lowest BCUT2D eigenvalue weighted by molar-refractivity contribution is -0.122. The number of rotatable bonds is 5. The van der Waals surface area contributed by atoms with Crippen LogP contribution in [0, 0.1) is 17.7 Å². The molecule has 0 N–H and O–H groups in total. The van der Waals surface area contributed by atoms with Crippen molar-refractivity contribution >= 4 is 29.3 Å². The van der Waals surface area contributed by atoms with Crippen LogP contribution in [0.25, 0.3) is 0 Å². The molecule has 0 unspecified atom stereocenters. The van der Waals surface area contributed by atoms with E-state index in [1.54, 1.807) is 12.1 Å². The maximum atomic E-state index is 13.0. The molecule has 2 amide bonds. The molecule has 1 fully saturated rings. The summed E-state index contributed by atoms with van der Waals surface area (Å²) in [5, 5.41) is 0. The standard InChI is InChI=1S/C23H18FNO5/c24-16-10-8-14(9-11-16)20(26)13-30-23(29)15-4-3-5-17(12-15)25-21(27)18-6-1-2-7-19(18)22(25)28/h1-5,8-12,18-19H,6-7,13H2/t18-,19+. The second-order valence-electron chi connectivity index (χ2n) is 7.22. The monoisotopic (exact) mass is 407 g/mol. The third-order valence-electron chi connectivity index (χ3n) is 5.35. The Balaban J connectivity index is 1.46. The first-order valence-corrected chi connectivity index (χ1v) is 9.54. The highest BCUT2D eigenvalue weighted by Gasteiger charge is 2.47. The molecule has 6 nitrogen and oxygen atoms in total. The Labute approximate surface area is 171 Å². The number of hydrogen-bond donors (Lipinski definition) is 0. The van der Waals surface area contributed by atoms with Gasteiger partial charge in [0.2, 0.25) is 11.8 Å². The van der Waals surface area contributed by atoms with E-state index in [9.17, 15) is 23.6 Å². The van der Waals surface area contributed by atoms with Crippen LogP contribution in [0.3, 0.4) is 0 Å². The zero-order valence-corrected chi connectivity index (χ0v) is 15.9. The van der Waals surface area contributed by atoms with E-state index in [2.05, 4.69) is 0 Å². The Kier molecular flexibility index (Phi) is 5.27. The summed E-state index contributed by atoms with van der Waals surface area (Å²) < 4.78 is 18.0.